The topological polar surface area (TPSA) is 75.1 Å². The Labute approximate surface area is 114 Å². The van der Waals surface area contributed by atoms with Crippen molar-refractivity contribution in [1.29, 1.82) is 0 Å². The summed E-state index contributed by atoms with van der Waals surface area (Å²) >= 11 is 0. The molecule has 5 nitrogen and oxygen atoms in total. The standard InChI is InChI=1S/C15H11N3O2/c19-15(20)12-7-2-8-13(18-12)17-11-6-1-4-10-5-3-9-16-14(10)11/h1-9H,(H,17,18)(H,19,20). The van der Waals surface area contributed by atoms with Crippen LogP contribution in [0.5, 0.6) is 0 Å². The summed E-state index contributed by atoms with van der Waals surface area (Å²) in [6.45, 7) is 0. The van der Waals surface area contributed by atoms with E-state index in [1.54, 1.807) is 18.3 Å². The van der Waals surface area contributed by atoms with E-state index in [0.29, 0.717) is 5.82 Å². The van der Waals surface area contributed by atoms with Crippen molar-refractivity contribution in [3.8, 4) is 0 Å². The van der Waals surface area contributed by atoms with Crippen LogP contribution in [0.4, 0.5) is 11.5 Å². The number of fused-ring (bicyclic) bond motifs is 1. The minimum Gasteiger partial charge on any atom is -0.477 e. The molecule has 3 aromatic rings. The van der Waals surface area contributed by atoms with Gasteiger partial charge in [-0.1, -0.05) is 24.3 Å². The van der Waals surface area contributed by atoms with Crippen LogP contribution in [-0.4, -0.2) is 21.0 Å². The van der Waals surface area contributed by atoms with Gasteiger partial charge >= 0.3 is 5.97 Å². The molecule has 98 valence electrons. The average molecular weight is 265 g/mol. The number of pyridine rings is 2. The van der Waals surface area contributed by atoms with Gasteiger partial charge in [0, 0.05) is 11.6 Å². The first kappa shape index (κ1) is 12.1. The lowest BCUT2D eigenvalue weighted by Crippen LogP contribution is -2.03. The molecule has 0 atom stereocenters. The highest BCUT2D eigenvalue weighted by Gasteiger charge is 2.07. The Morgan fingerprint density at radius 3 is 2.70 bits per heavy atom. The van der Waals surface area contributed by atoms with E-state index in [9.17, 15) is 4.79 Å². The Kier molecular flexibility index (Phi) is 3.01. The van der Waals surface area contributed by atoms with Gasteiger partial charge in [0.2, 0.25) is 0 Å². The molecule has 0 spiro atoms. The average Bonchev–Trinajstić information content (AvgIpc) is 2.48. The summed E-state index contributed by atoms with van der Waals surface area (Å²) in [6.07, 6.45) is 1.72. The van der Waals surface area contributed by atoms with E-state index in [-0.39, 0.29) is 5.69 Å². The van der Waals surface area contributed by atoms with Crippen LogP contribution < -0.4 is 5.32 Å². The number of rotatable bonds is 3. The van der Waals surface area contributed by atoms with Crippen LogP contribution in [0.1, 0.15) is 10.5 Å². The maximum atomic E-state index is 10.9. The minimum absolute atomic E-state index is 0.00296. The molecule has 0 aliphatic heterocycles. The van der Waals surface area contributed by atoms with E-state index in [1.165, 1.54) is 6.07 Å². The van der Waals surface area contributed by atoms with E-state index >= 15 is 0 Å². The van der Waals surface area contributed by atoms with Gasteiger partial charge in [0.1, 0.15) is 5.82 Å². The van der Waals surface area contributed by atoms with Crippen molar-refractivity contribution in [2.75, 3.05) is 5.32 Å². The van der Waals surface area contributed by atoms with Gasteiger partial charge in [-0.15, -0.1) is 0 Å². The van der Waals surface area contributed by atoms with Crippen molar-refractivity contribution in [2.24, 2.45) is 0 Å². The second-order valence-electron chi connectivity index (χ2n) is 4.22. The van der Waals surface area contributed by atoms with E-state index < -0.39 is 5.97 Å². The van der Waals surface area contributed by atoms with Gasteiger partial charge in [-0.05, 0) is 24.3 Å². The third-order valence-corrected chi connectivity index (χ3v) is 2.86. The summed E-state index contributed by atoms with van der Waals surface area (Å²) < 4.78 is 0. The zero-order valence-corrected chi connectivity index (χ0v) is 10.4. The molecular weight excluding hydrogens is 254 g/mol. The monoisotopic (exact) mass is 265 g/mol. The number of carboxylic acids is 1. The van der Waals surface area contributed by atoms with E-state index in [0.717, 1.165) is 16.6 Å². The molecule has 5 heteroatoms. The zero-order chi connectivity index (χ0) is 13.9. The molecule has 0 radical (unpaired) electrons. The fraction of sp³-hybridized carbons (Fsp3) is 0. The highest BCUT2D eigenvalue weighted by molar-refractivity contribution is 5.92. The van der Waals surface area contributed by atoms with Crippen LogP contribution in [-0.2, 0) is 0 Å². The summed E-state index contributed by atoms with van der Waals surface area (Å²) in [7, 11) is 0. The number of hydrogen-bond donors (Lipinski definition) is 2. The van der Waals surface area contributed by atoms with Crippen molar-refractivity contribution in [2.45, 2.75) is 0 Å². The van der Waals surface area contributed by atoms with E-state index in [4.69, 9.17) is 5.11 Å². The fourth-order valence-corrected chi connectivity index (χ4v) is 1.97. The summed E-state index contributed by atoms with van der Waals surface area (Å²) in [5.41, 5.74) is 1.61. The van der Waals surface area contributed by atoms with Crippen LogP contribution in [0.3, 0.4) is 0 Å². The van der Waals surface area contributed by atoms with Crippen molar-refractivity contribution >= 4 is 28.4 Å². The van der Waals surface area contributed by atoms with Crippen LogP contribution in [0.25, 0.3) is 10.9 Å². The SMILES string of the molecule is O=C(O)c1cccc(Nc2cccc3cccnc23)n1. The van der Waals surface area contributed by atoms with E-state index in [2.05, 4.69) is 15.3 Å². The summed E-state index contributed by atoms with van der Waals surface area (Å²) in [6, 6.07) is 14.4. The summed E-state index contributed by atoms with van der Waals surface area (Å²) in [5, 5.41) is 13.1. The molecule has 0 amide bonds. The van der Waals surface area contributed by atoms with Crippen LogP contribution >= 0.6 is 0 Å². The first-order valence-electron chi connectivity index (χ1n) is 6.05. The Bertz CT molecular complexity index is 781. The molecule has 2 heterocycles. The van der Waals surface area contributed by atoms with Crippen molar-refractivity contribution in [1.82, 2.24) is 9.97 Å². The molecular formula is C15H11N3O2. The molecule has 1 aromatic carbocycles. The highest BCUT2D eigenvalue weighted by Crippen LogP contribution is 2.23. The number of hydrogen-bond acceptors (Lipinski definition) is 4. The third-order valence-electron chi connectivity index (χ3n) is 2.86. The number of benzene rings is 1. The predicted molar refractivity (Wildman–Crippen MR) is 76.2 cm³/mol. The smallest absolute Gasteiger partial charge is 0.354 e. The molecule has 3 rings (SSSR count). The second-order valence-corrected chi connectivity index (χ2v) is 4.22. The van der Waals surface area contributed by atoms with Gasteiger partial charge in [-0.3, -0.25) is 4.98 Å². The largest absolute Gasteiger partial charge is 0.477 e. The molecule has 2 N–H and O–H groups in total. The molecule has 0 fully saturated rings. The number of nitrogens with zero attached hydrogens (tertiary/aromatic N) is 2. The Morgan fingerprint density at radius 1 is 1.05 bits per heavy atom. The van der Waals surface area contributed by atoms with Gasteiger partial charge in [0.15, 0.2) is 5.69 Å². The summed E-state index contributed by atoms with van der Waals surface area (Å²) in [4.78, 5) is 19.3. The normalized spacial score (nSPS) is 10.4. The Hall–Kier alpha value is -2.95. The molecule has 0 aliphatic carbocycles. The molecule has 0 aliphatic rings. The second kappa shape index (κ2) is 4.97. The lowest BCUT2D eigenvalue weighted by molar-refractivity contribution is 0.0690. The van der Waals surface area contributed by atoms with Crippen molar-refractivity contribution in [3.05, 3.63) is 60.4 Å². The predicted octanol–water partition coefficient (Wildman–Crippen LogP) is 3.07. The minimum atomic E-state index is -1.05. The first-order chi connectivity index (χ1) is 9.74. The molecule has 0 bridgehead atoms. The highest BCUT2D eigenvalue weighted by atomic mass is 16.4. The molecule has 20 heavy (non-hydrogen) atoms. The fourth-order valence-electron chi connectivity index (χ4n) is 1.97. The van der Waals surface area contributed by atoms with Crippen molar-refractivity contribution in [3.63, 3.8) is 0 Å². The third kappa shape index (κ3) is 2.29. The number of carbonyl (C=O) groups is 1. The molecule has 0 saturated heterocycles. The number of aromatic carboxylic acids is 1. The number of carboxylic acid groups (broad SMARTS) is 1. The van der Waals surface area contributed by atoms with Gasteiger partial charge in [-0.25, -0.2) is 9.78 Å². The van der Waals surface area contributed by atoms with Gasteiger partial charge in [-0.2, -0.15) is 0 Å². The number of para-hydroxylation sites is 1. The van der Waals surface area contributed by atoms with Crippen LogP contribution in [0.2, 0.25) is 0 Å². The Balaban J connectivity index is 2.01. The maximum absolute atomic E-state index is 10.9. The molecule has 2 aromatic heterocycles. The quantitative estimate of drug-likeness (QED) is 0.761. The van der Waals surface area contributed by atoms with Gasteiger partial charge in [0.05, 0.1) is 11.2 Å². The molecule has 0 unspecified atom stereocenters. The van der Waals surface area contributed by atoms with Crippen molar-refractivity contribution < 1.29 is 9.90 Å². The summed E-state index contributed by atoms with van der Waals surface area (Å²) in [5.74, 6) is -0.576. The van der Waals surface area contributed by atoms with Crippen LogP contribution in [0.15, 0.2) is 54.7 Å². The zero-order valence-electron chi connectivity index (χ0n) is 10.4. The van der Waals surface area contributed by atoms with Gasteiger partial charge in [0.25, 0.3) is 0 Å². The molecule has 0 saturated carbocycles. The van der Waals surface area contributed by atoms with Crippen LogP contribution in [0, 0.1) is 0 Å². The lowest BCUT2D eigenvalue weighted by Gasteiger charge is -2.08. The lowest BCUT2D eigenvalue weighted by atomic mass is 10.2. The first-order valence-corrected chi connectivity index (χ1v) is 6.05. The number of anilines is 2. The van der Waals surface area contributed by atoms with Gasteiger partial charge < -0.3 is 10.4 Å². The number of aromatic nitrogens is 2. The maximum Gasteiger partial charge on any atom is 0.354 e. The number of nitrogens with one attached hydrogen (secondary N) is 1. The Morgan fingerprint density at radius 2 is 1.85 bits per heavy atom. The van der Waals surface area contributed by atoms with E-state index in [1.807, 2.05) is 30.3 Å².